The average Bonchev–Trinajstić information content (AvgIpc) is 2.65. The Morgan fingerprint density at radius 1 is 0.962 bits per heavy atom. The van der Waals surface area contributed by atoms with Crippen LogP contribution in [0.2, 0.25) is 0 Å². The van der Waals surface area contributed by atoms with Gasteiger partial charge in [0.15, 0.2) is 11.6 Å². The Balaban J connectivity index is 1.74. The lowest BCUT2D eigenvalue weighted by molar-refractivity contribution is -0.119. The largest absolute Gasteiger partial charge is 0.344 e. The normalized spacial score (nSPS) is 22.5. The maximum atomic E-state index is 13.2. The van der Waals surface area contributed by atoms with Crippen LogP contribution in [0.15, 0.2) is 48.5 Å². The number of hydrogen-bond donors (Lipinski definition) is 1. The first kappa shape index (κ1) is 16.7. The predicted octanol–water partition coefficient (Wildman–Crippen LogP) is 2.00. The molecular weight excluding hydrogens is 328 g/mol. The summed E-state index contributed by atoms with van der Waals surface area (Å²) in [6.45, 7) is 2.65. The molecule has 2 aliphatic rings. The summed E-state index contributed by atoms with van der Waals surface area (Å²) in [5.41, 5.74) is 3.28. The van der Waals surface area contributed by atoms with Gasteiger partial charge in [0, 0.05) is 31.1 Å². The van der Waals surface area contributed by atoms with Crippen LogP contribution >= 0.6 is 0 Å². The number of benzene rings is 2. The van der Waals surface area contributed by atoms with Gasteiger partial charge in [-0.3, -0.25) is 19.3 Å². The number of carbonyl (C=O) groups excluding carboxylic acids is 3. The maximum Gasteiger partial charge on any atom is 0.217 e. The number of nitrogens with zero attached hydrogens (tertiary/aromatic N) is 1. The zero-order valence-corrected chi connectivity index (χ0v) is 14.6. The number of amides is 1. The minimum atomic E-state index is -0.847. The lowest BCUT2D eigenvalue weighted by Gasteiger charge is -2.40. The van der Waals surface area contributed by atoms with Crippen molar-refractivity contribution in [1.82, 2.24) is 10.2 Å². The highest BCUT2D eigenvalue weighted by atomic mass is 16.2. The maximum absolute atomic E-state index is 13.2. The van der Waals surface area contributed by atoms with Crippen LogP contribution < -0.4 is 5.32 Å². The molecule has 1 aliphatic carbocycles. The van der Waals surface area contributed by atoms with Gasteiger partial charge in [0.05, 0.1) is 0 Å². The molecule has 1 N–H and O–H groups in total. The Labute approximate surface area is 152 Å². The van der Waals surface area contributed by atoms with Gasteiger partial charge >= 0.3 is 0 Å². The zero-order valence-electron chi connectivity index (χ0n) is 14.6. The van der Waals surface area contributed by atoms with E-state index in [-0.39, 0.29) is 17.5 Å². The van der Waals surface area contributed by atoms with Crippen LogP contribution in [0.4, 0.5) is 0 Å². The molecule has 0 bridgehead atoms. The molecule has 1 amide bonds. The molecule has 5 nitrogen and oxygen atoms in total. The fourth-order valence-electron chi connectivity index (χ4n) is 4.03. The number of fused-ring (bicyclic) bond motifs is 2. The van der Waals surface area contributed by atoms with E-state index in [2.05, 4.69) is 17.4 Å². The minimum absolute atomic E-state index is 0.0988. The molecule has 2 unspecified atom stereocenters. The van der Waals surface area contributed by atoms with E-state index in [0.29, 0.717) is 24.2 Å². The number of Topliss-reactive ketones (excluding diaryl/α,β-unsaturated/α-hetero) is 2. The molecule has 4 rings (SSSR count). The van der Waals surface area contributed by atoms with Crippen LogP contribution in [0.3, 0.4) is 0 Å². The molecule has 0 saturated carbocycles. The number of rotatable bonds is 2. The van der Waals surface area contributed by atoms with Crippen molar-refractivity contribution in [2.45, 2.75) is 32.0 Å². The summed E-state index contributed by atoms with van der Waals surface area (Å²) in [6, 6.07) is 13.5. The van der Waals surface area contributed by atoms with Crippen molar-refractivity contribution in [3.05, 3.63) is 70.8 Å². The molecule has 2 atom stereocenters. The zero-order chi connectivity index (χ0) is 18.3. The van der Waals surface area contributed by atoms with Crippen LogP contribution in [0.25, 0.3) is 0 Å². The highest BCUT2D eigenvalue weighted by Gasteiger charge is 2.45. The van der Waals surface area contributed by atoms with E-state index in [0.717, 1.165) is 6.42 Å². The second kappa shape index (κ2) is 6.50. The highest BCUT2D eigenvalue weighted by Crippen LogP contribution is 2.29. The quantitative estimate of drug-likeness (QED) is 0.901. The van der Waals surface area contributed by atoms with Crippen molar-refractivity contribution in [3.63, 3.8) is 0 Å². The Hall–Kier alpha value is -2.79. The summed E-state index contributed by atoms with van der Waals surface area (Å²) in [7, 11) is 0. The molecular formula is C21H20N2O3. The van der Waals surface area contributed by atoms with E-state index in [9.17, 15) is 14.4 Å². The predicted molar refractivity (Wildman–Crippen MR) is 97.1 cm³/mol. The SMILES string of the molecule is CC(=O)NC1C(=O)c2ccccc2C(=O)C1N1CCc2ccccc2C1. The van der Waals surface area contributed by atoms with Gasteiger partial charge < -0.3 is 5.32 Å². The van der Waals surface area contributed by atoms with Gasteiger partial charge in [-0.2, -0.15) is 0 Å². The Bertz CT molecular complexity index is 906. The second-order valence-corrected chi connectivity index (χ2v) is 6.89. The lowest BCUT2D eigenvalue weighted by Crippen LogP contribution is -2.61. The first-order valence-electron chi connectivity index (χ1n) is 8.81. The fourth-order valence-corrected chi connectivity index (χ4v) is 4.03. The summed E-state index contributed by atoms with van der Waals surface area (Å²) in [6.07, 6.45) is 0.822. The molecule has 5 heteroatoms. The molecule has 132 valence electrons. The minimum Gasteiger partial charge on any atom is -0.344 e. The summed E-state index contributed by atoms with van der Waals surface area (Å²) in [5, 5.41) is 2.72. The van der Waals surface area contributed by atoms with Gasteiger partial charge in [-0.25, -0.2) is 0 Å². The van der Waals surface area contributed by atoms with Gasteiger partial charge in [0.25, 0.3) is 0 Å². The third-order valence-corrected chi connectivity index (χ3v) is 5.24. The fraction of sp³-hybridized carbons (Fsp3) is 0.286. The Morgan fingerprint density at radius 2 is 1.58 bits per heavy atom. The summed E-state index contributed by atoms with van der Waals surface area (Å²) in [4.78, 5) is 40.0. The van der Waals surface area contributed by atoms with E-state index in [1.165, 1.54) is 18.1 Å². The van der Waals surface area contributed by atoms with E-state index >= 15 is 0 Å². The summed E-state index contributed by atoms with van der Waals surface area (Å²) >= 11 is 0. The first-order valence-corrected chi connectivity index (χ1v) is 8.81. The Morgan fingerprint density at radius 3 is 2.27 bits per heavy atom. The molecule has 0 spiro atoms. The molecule has 0 aromatic heterocycles. The molecule has 0 fully saturated rings. The standard InChI is InChI=1S/C21H20N2O3/c1-13(24)22-18-19(21(26)17-9-5-4-8-16(17)20(18)25)23-11-10-14-6-2-3-7-15(14)12-23/h2-9,18-19H,10-12H2,1H3,(H,22,24). The molecule has 1 heterocycles. The topological polar surface area (TPSA) is 66.5 Å². The van der Waals surface area contributed by atoms with E-state index < -0.39 is 12.1 Å². The molecule has 2 aromatic rings. The van der Waals surface area contributed by atoms with Crippen molar-refractivity contribution in [3.8, 4) is 0 Å². The number of nitrogens with one attached hydrogen (secondary N) is 1. The Kier molecular flexibility index (Phi) is 4.17. The van der Waals surface area contributed by atoms with Crippen molar-refractivity contribution in [2.75, 3.05) is 6.54 Å². The van der Waals surface area contributed by atoms with Crippen molar-refractivity contribution < 1.29 is 14.4 Å². The van der Waals surface area contributed by atoms with Gasteiger partial charge in [0.2, 0.25) is 5.91 Å². The molecule has 0 radical (unpaired) electrons. The number of ketones is 2. The van der Waals surface area contributed by atoms with E-state index in [1.807, 2.05) is 17.0 Å². The number of hydrogen-bond acceptors (Lipinski definition) is 4. The molecule has 1 aliphatic heterocycles. The third kappa shape index (κ3) is 2.74. The van der Waals surface area contributed by atoms with Gasteiger partial charge in [0.1, 0.15) is 12.1 Å². The van der Waals surface area contributed by atoms with E-state index in [4.69, 9.17) is 0 Å². The van der Waals surface area contributed by atoms with Crippen LogP contribution in [0, 0.1) is 0 Å². The first-order chi connectivity index (χ1) is 12.6. The lowest BCUT2D eigenvalue weighted by atomic mass is 9.80. The summed E-state index contributed by atoms with van der Waals surface area (Å²) in [5.74, 6) is -0.601. The van der Waals surface area contributed by atoms with Crippen molar-refractivity contribution in [1.29, 1.82) is 0 Å². The van der Waals surface area contributed by atoms with Crippen LogP contribution in [0.1, 0.15) is 38.8 Å². The third-order valence-electron chi connectivity index (χ3n) is 5.24. The smallest absolute Gasteiger partial charge is 0.217 e. The van der Waals surface area contributed by atoms with E-state index in [1.54, 1.807) is 24.3 Å². The monoisotopic (exact) mass is 348 g/mol. The van der Waals surface area contributed by atoms with Crippen LogP contribution in [-0.4, -0.2) is 41.0 Å². The molecule has 26 heavy (non-hydrogen) atoms. The number of carbonyl (C=O) groups is 3. The average molecular weight is 348 g/mol. The second-order valence-electron chi connectivity index (χ2n) is 6.89. The van der Waals surface area contributed by atoms with Crippen molar-refractivity contribution in [2.24, 2.45) is 0 Å². The highest BCUT2D eigenvalue weighted by molar-refractivity contribution is 6.19. The molecule has 0 saturated heterocycles. The van der Waals surface area contributed by atoms with Crippen molar-refractivity contribution >= 4 is 17.5 Å². The van der Waals surface area contributed by atoms with Crippen LogP contribution in [-0.2, 0) is 17.8 Å². The van der Waals surface area contributed by atoms with Gasteiger partial charge in [-0.1, -0.05) is 48.5 Å². The van der Waals surface area contributed by atoms with Gasteiger partial charge in [-0.05, 0) is 17.5 Å². The summed E-state index contributed by atoms with van der Waals surface area (Å²) < 4.78 is 0. The molecule has 2 aromatic carbocycles. The van der Waals surface area contributed by atoms with Crippen LogP contribution in [0.5, 0.6) is 0 Å². The van der Waals surface area contributed by atoms with Gasteiger partial charge in [-0.15, -0.1) is 0 Å².